The smallest absolute Gasteiger partial charge is 0.331 e. The molecule has 2 aromatic carbocycles. The van der Waals surface area contributed by atoms with Gasteiger partial charge in [0.05, 0.1) is 29.1 Å². The number of hydrogen-bond acceptors (Lipinski definition) is 7. The minimum Gasteiger partial charge on any atom is -0.464 e. The molecule has 1 heterocycles. The SMILES string of the molecule is CCOC(=O)C1C(c2ccc(C)cc2)C(C#N)=C(N)N1NS(=O)(=O)c1ccc(C)cc1. The highest BCUT2D eigenvalue weighted by Crippen LogP contribution is 2.39. The van der Waals surface area contributed by atoms with Gasteiger partial charge in [-0.1, -0.05) is 47.5 Å². The Labute approximate surface area is 181 Å². The van der Waals surface area contributed by atoms with Crippen LogP contribution < -0.4 is 10.6 Å². The fraction of sp³-hybridized carbons (Fsp3) is 0.273. The Kier molecular flexibility index (Phi) is 6.34. The molecule has 162 valence electrons. The summed E-state index contributed by atoms with van der Waals surface area (Å²) in [6, 6.07) is 14.4. The molecule has 0 aliphatic carbocycles. The van der Waals surface area contributed by atoms with Crippen molar-refractivity contribution in [2.45, 2.75) is 37.6 Å². The summed E-state index contributed by atoms with van der Waals surface area (Å²) in [5, 5.41) is 10.8. The van der Waals surface area contributed by atoms with Gasteiger partial charge in [0, 0.05) is 0 Å². The summed E-state index contributed by atoms with van der Waals surface area (Å²) in [5.41, 5.74) is 8.82. The van der Waals surface area contributed by atoms with Gasteiger partial charge >= 0.3 is 5.97 Å². The van der Waals surface area contributed by atoms with Crippen molar-refractivity contribution in [1.29, 1.82) is 5.26 Å². The van der Waals surface area contributed by atoms with Crippen LogP contribution in [0.15, 0.2) is 64.8 Å². The number of benzene rings is 2. The van der Waals surface area contributed by atoms with E-state index >= 15 is 0 Å². The summed E-state index contributed by atoms with van der Waals surface area (Å²) in [5.74, 6) is -1.61. The second-order valence-corrected chi connectivity index (χ2v) is 8.93. The van der Waals surface area contributed by atoms with E-state index in [1.54, 1.807) is 31.2 Å². The van der Waals surface area contributed by atoms with Gasteiger partial charge in [-0.05, 0) is 38.5 Å². The van der Waals surface area contributed by atoms with Gasteiger partial charge in [-0.15, -0.1) is 4.83 Å². The molecule has 0 saturated heterocycles. The van der Waals surface area contributed by atoms with E-state index < -0.39 is 28.0 Å². The van der Waals surface area contributed by atoms with Crippen molar-refractivity contribution in [3.8, 4) is 6.07 Å². The van der Waals surface area contributed by atoms with Gasteiger partial charge in [0.2, 0.25) is 0 Å². The molecule has 0 bridgehead atoms. The van der Waals surface area contributed by atoms with Crippen LogP contribution in [0, 0.1) is 25.2 Å². The molecular weight excluding hydrogens is 416 g/mol. The zero-order valence-corrected chi connectivity index (χ0v) is 18.3. The van der Waals surface area contributed by atoms with Gasteiger partial charge < -0.3 is 10.5 Å². The molecule has 0 saturated carbocycles. The fourth-order valence-corrected chi connectivity index (χ4v) is 4.54. The highest BCUT2D eigenvalue weighted by atomic mass is 32.2. The third-order valence-corrected chi connectivity index (χ3v) is 6.41. The lowest BCUT2D eigenvalue weighted by atomic mass is 9.87. The molecule has 3 rings (SSSR count). The van der Waals surface area contributed by atoms with Gasteiger partial charge in [-0.25, -0.2) is 13.2 Å². The Morgan fingerprint density at radius 3 is 2.19 bits per heavy atom. The fourth-order valence-electron chi connectivity index (χ4n) is 3.47. The molecule has 31 heavy (non-hydrogen) atoms. The third kappa shape index (κ3) is 4.40. The predicted octanol–water partition coefficient (Wildman–Crippen LogP) is 2.22. The number of aryl methyl sites for hydroxylation is 2. The molecule has 8 nitrogen and oxygen atoms in total. The van der Waals surface area contributed by atoms with E-state index in [1.807, 2.05) is 32.0 Å². The molecule has 9 heteroatoms. The molecule has 1 aliphatic rings. The number of nitrogens with one attached hydrogen (secondary N) is 1. The van der Waals surface area contributed by atoms with E-state index in [2.05, 4.69) is 4.83 Å². The second-order valence-electron chi connectivity index (χ2n) is 7.27. The van der Waals surface area contributed by atoms with Crippen molar-refractivity contribution in [3.63, 3.8) is 0 Å². The third-order valence-electron chi connectivity index (χ3n) is 5.08. The summed E-state index contributed by atoms with van der Waals surface area (Å²) >= 11 is 0. The Balaban J connectivity index is 2.07. The molecule has 3 N–H and O–H groups in total. The monoisotopic (exact) mass is 440 g/mol. The maximum atomic E-state index is 13.0. The topological polar surface area (TPSA) is 126 Å². The van der Waals surface area contributed by atoms with E-state index in [0.29, 0.717) is 5.56 Å². The van der Waals surface area contributed by atoms with Crippen LogP contribution in [0.1, 0.15) is 29.5 Å². The molecule has 0 spiro atoms. The first-order chi connectivity index (χ1) is 14.7. The maximum absolute atomic E-state index is 13.0. The van der Waals surface area contributed by atoms with Crippen LogP contribution in [-0.4, -0.2) is 32.0 Å². The van der Waals surface area contributed by atoms with Crippen LogP contribution in [0.25, 0.3) is 0 Å². The first-order valence-corrected chi connectivity index (χ1v) is 11.2. The summed E-state index contributed by atoms with van der Waals surface area (Å²) in [6.45, 7) is 5.50. The summed E-state index contributed by atoms with van der Waals surface area (Å²) in [7, 11) is -4.07. The van der Waals surface area contributed by atoms with E-state index in [0.717, 1.165) is 16.1 Å². The van der Waals surface area contributed by atoms with Crippen molar-refractivity contribution < 1.29 is 17.9 Å². The molecule has 2 unspecified atom stereocenters. The summed E-state index contributed by atoms with van der Waals surface area (Å²) in [4.78, 5) is 15.3. The standard InChI is InChI=1S/C22H24N4O4S/c1-4-30-22(27)20-19(16-9-5-14(2)6-10-16)18(13-23)21(24)26(20)25-31(28,29)17-11-7-15(3)8-12-17/h5-12,19-20,25H,4,24H2,1-3H3. The van der Waals surface area contributed by atoms with Crippen LogP contribution in [0.2, 0.25) is 0 Å². The van der Waals surface area contributed by atoms with Gasteiger partial charge in [-0.2, -0.15) is 5.26 Å². The van der Waals surface area contributed by atoms with E-state index in [1.165, 1.54) is 12.1 Å². The highest BCUT2D eigenvalue weighted by molar-refractivity contribution is 7.89. The lowest BCUT2D eigenvalue weighted by Crippen LogP contribution is -2.51. The number of hydrazine groups is 1. The molecule has 0 aromatic heterocycles. The average molecular weight is 441 g/mol. The molecule has 0 fully saturated rings. The normalized spacial score (nSPS) is 18.7. The number of esters is 1. The largest absolute Gasteiger partial charge is 0.464 e. The molecule has 2 aromatic rings. The van der Waals surface area contributed by atoms with Crippen molar-refractivity contribution in [2.24, 2.45) is 5.73 Å². The quantitative estimate of drug-likeness (QED) is 0.660. The van der Waals surface area contributed by atoms with Gasteiger partial charge in [0.25, 0.3) is 10.0 Å². The van der Waals surface area contributed by atoms with Crippen LogP contribution in [0.5, 0.6) is 0 Å². The predicted molar refractivity (Wildman–Crippen MR) is 115 cm³/mol. The lowest BCUT2D eigenvalue weighted by Gasteiger charge is -2.29. The Bertz CT molecular complexity index is 1150. The number of carbonyl (C=O) groups excluding carboxylic acids is 1. The van der Waals surface area contributed by atoms with Crippen LogP contribution in [0.3, 0.4) is 0 Å². The molecule has 1 aliphatic heterocycles. The Morgan fingerprint density at radius 1 is 1.13 bits per heavy atom. The van der Waals surface area contributed by atoms with E-state index in [-0.39, 0.29) is 22.9 Å². The number of hydrogen-bond donors (Lipinski definition) is 2. The van der Waals surface area contributed by atoms with Crippen molar-refractivity contribution in [1.82, 2.24) is 9.84 Å². The van der Waals surface area contributed by atoms with Crippen molar-refractivity contribution in [2.75, 3.05) is 6.61 Å². The molecular formula is C22H24N4O4S. The maximum Gasteiger partial charge on any atom is 0.331 e. The number of carbonyl (C=O) groups is 1. The Morgan fingerprint density at radius 2 is 1.68 bits per heavy atom. The number of nitrogens with zero attached hydrogens (tertiary/aromatic N) is 2. The molecule has 0 amide bonds. The number of ether oxygens (including phenoxy) is 1. The van der Waals surface area contributed by atoms with Crippen LogP contribution in [0.4, 0.5) is 0 Å². The zero-order chi connectivity index (χ0) is 22.8. The van der Waals surface area contributed by atoms with Crippen molar-refractivity contribution in [3.05, 3.63) is 76.6 Å². The van der Waals surface area contributed by atoms with E-state index in [9.17, 15) is 18.5 Å². The van der Waals surface area contributed by atoms with Gasteiger partial charge in [0.1, 0.15) is 5.82 Å². The summed E-state index contributed by atoms with van der Waals surface area (Å²) in [6.07, 6.45) is 0. The zero-order valence-electron chi connectivity index (χ0n) is 17.5. The number of nitrogens with two attached hydrogens (primary N) is 1. The molecule has 2 atom stereocenters. The minimum atomic E-state index is -4.07. The minimum absolute atomic E-state index is 0.00537. The lowest BCUT2D eigenvalue weighted by molar-refractivity contribution is -0.149. The van der Waals surface area contributed by atoms with E-state index in [4.69, 9.17) is 10.5 Å². The number of sulfonamides is 1. The molecule has 0 radical (unpaired) electrons. The second kappa shape index (κ2) is 8.79. The Hall–Kier alpha value is -3.35. The highest BCUT2D eigenvalue weighted by Gasteiger charge is 2.47. The van der Waals surface area contributed by atoms with Gasteiger partial charge in [-0.3, -0.25) is 5.01 Å². The number of rotatable bonds is 6. The average Bonchev–Trinajstić information content (AvgIpc) is 3.00. The number of nitriles is 1. The summed E-state index contributed by atoms with van der Waals surface area (Å²) < 4.78 is 31.2. The first-order valence-electron chi connectivity index (χ1n) is 9.71. The van der Waals surface area contributed by atoms with Crippen LogP contribution >= 0.6 is 0 Å². The first kappa shape index (κ1) is 22.3. The van der Waals surface area contributed by atoms with Crippen molar-refractivity contribution >= 4 is 16.0 Å². The van der Waals surface area contributed by atoms with Crippen LogP contribution in [-0.2, 0) is 19.6 Å². The van der Waals surface area contributed by atoms with Gasteiger partial charge in [0.15, 0.2) is 6.04 Å².